The first-order valence-corrected chi connectivity index (χ1v) is 12.2. The summed E-state index contributed by atoms with van der Waals surface area (Å²) in [5.41, 5.74) is 4.78. The lowest BCUT2D eigenvalue weighted by Gasteiger charge is -2.38. The SMILES string of the molecule is [C-]#[N+]C1=C(CN2CCN(c3cccc4ccccc34)CC2)Nc2[nH]ncc2C1c1ccccc1Cl. The highest BCUT2D eigenvalue weighted by molar-refractivity contribution is 6.31. The van der Waals surface area contributed by atoms with Crippen LogP contribution in [0.15, 0.2) is 84.3 Å². The van der Waals surface area contributed by atoms with E-state index in [4.69, 9.17) is 18.2 Å². The Morgan fingerprint density at radius 3 is 2.54 bits per heavy atom. The van der Waals surface area contributed by atoms with E-state index in [1.165, 1.54) is 16.5 Å². The third-order valence-corrected chi connectivity index (χ3v) is 7.38. The average molecular weight is 481 g/mol. The molecule has 3 heterocycles. The van der Waals surface area contributed by atoms with Gasteiger partial charge in [-0.2, -0.15) is 5.10 Å². The van der Waals surface area contributed by atoms with Crippen molar-refractivity contribution >= 4 is 33.9 Å². The summed E-state index contributed by atoms with van der Waals surface area (Å²) < 4.78 is 0. The van der Waals surface area contributed by atoms with Crippen LogP contribution in [0.1, 0.15) is 17.0 Å². The van der Waals surface area contributed by atoms with Crippen LogP contribution >= 0.6 is 11.6 Å². The molecule has 0 radical (unpaired) electrons. The fourth-order valence-corrected chi connectivity index (χ4v) is 5.53. The molecule has 0 saturated carbocycles. The van der Waals surface area contributed by atoms with E-state index >= 15 is 0 Å². The van der Waals surface area contributed by atoms with Crippen LogP contribution in [-0.2, 0) is 0 Å². The minimum absolute atomic E-state index is 0.233. The fraction of sp³-hybridized carbons (Fsp3) is 0.214. The number of halogens is 1. The van der Waals surface area contributed by atoms with Gasteiger partial charge in [-0.1, -0.05) is 66.2 Å². The van der Waals surface area contributed by atoms with Crippen LogP contribution in [0.25, 0.3) is 15.6 Å². The molecule has 6 rings (SSSR count). The Morgan fingerprint density at radius 2 is 1.71 bits per heavy atom. The van der Waals surface area contributed by atoms with Gasteiger partial charge in [0.1, 0.15) is 5.82 Å². The first kappa shape index (κ1) is 21.7. The van der Waals surface area contributed by atoms with E-state index in [2.05, 4.69) is 72.6 Å². The predicted molar refractivity (Wildman–Crippen MR) is 142 cm³/mol. The van der Waals surface area contributed by atoms with E-state index in [0.29, 0.717) is 17.3 Å². The maximum atomic E-state index is 8.04. The normalized spacial score (nSPS) is 18.3. The second-order valence-corrected chi connectivity index (χ2v) is 9.42. The molecule has 1 unspecified atom stereocenters. The Hall–Kier alpha value is -3.79. The first-order chi connectivity index (χ1) is 17.2. The molecule has 1 aromatic heterocycles. The lowest BCUT2D eigenvalue weighted by atomic mass is 9.86. The maximum Gasteiger partial charge on any atom is 0.197 e. The molecule has 7 heteroatoms. The zero-order chi connectivity index (χ0) is 23.8. The van der Waals surface area contributed by atoms with Gasteiger partial charge in [0.05, 0.1) is 18.7 Å². The number of rotatable bonds is 4. The molecule has 6 nitrogen and oxygen atoms in total. The van der Waals surface area contributed by atoms with Crippen molar-refractivity contribution in [2.45, 2.75) is 5.92 Å². The van der Waals surface area contributed by atoms with Crippen LogP contribution in [0, 0.1) is 6.57 Å². The summed E-state index contributed by atoms with van der Waals surface area (Å²) in [6.45, 7) is 12.4. The highest BCUT2D eigenvalue weighted by atomic mass is 35.5. The molecule has 0 bridgehead atoms. The molecule has 2 aliphatic heterocycles. The monoisotopic (exact) mass is 480 g/mol. The molecule has 0 aliphatic carbocycles. The second kappa shape index (κ2) is 9.10. The van der Waals surface area contributed by atoms with Crippen molar-refractivity contribution < 1.29 is 0 Å². The molecule has 4 aromatic rings. The van der Waals surface area contributed by atoms with E-state index in [-0.39, 0.29) is 5.92 Å². The van der Waals surface area contributed by atoms with Gasteiger partial charge >= 0.3 is 0 Å². The number of hydrogen-bond donors (Lipinski definition) is 2. The van der Waals surface area contributed by atoms with Gasteiger partial charge < -0.3 is 10.2 Å². The quantitative estimate of drug-likeness (QED) is 0.366. The summed E-state index contributed by atoms with van der Waals surface area (Å²) in [5, 5.41) is 14.0. The number of anilines is 2. The summed E-state index contributed by atoms with van der Waals surface area (Å²) in [6.07, 6.45) is 1.79. The Labute approximate surface area is 209 Å². The smallest absolute Gasteiger partial charge is 0.197 e. The number of allylic oxidation sites excluding steroid dienone is 1. The first-order valence-electron chi connectivity index (χ1n) is 11.8. The minimum atomic E-state index is -0.233. The number of benzene rings is 3. The number of nitrogens with zero attached hydrogens (tertiary/aromatic N) is 4. The predicted octanol–water partition coefficient (Wildman–Crippen LogP) is 5.73. The Morgan fingerprint density at radius 1 is 0.943 bits per heavy atom. The van der Waals surface area contributed by atoms with Crippen LogP contribution in [-0.4, -0.2) is 47.8 Å². The van der Waals surface area contributed by atoms with Crippen molar-refractivity contribution in [2.24, 2.45) is 0 Å². The van der Waals surface area contributed by atoms with Crippen LogP contribution < -0.4 is 10.2 Å². The molecule has 1 saturated heterocycles. The summed E-state index contributed by atoms with van der Waals surface area (Å²) >= 11 is 6.58. The largest absolute Gasteiger partial charge is 0.368 e. The number of fused-ring (bicyclic) bond motifs is 2. The molecule has 1 fully saturated rings. The lowest BCUT2D eigenvalue weighted by molar-refractivity contribution is 0.278. The van der Waals surface area contributed by atoms with E-state index in [1.807, 2.05) is 24.3 Å². The van der Waals surface area contributed by atoms with Crippen molar-refractivity contribution in [3.63, 3.8) is 0 Å². The van der Waals surface area contributed by atoms with Crippen molar-refractivity contribution in [3.05, 3.63) is 112 Å². The van der Waals surface area contributed by atoms with Gasteiger partial charge in [0, 0.05) is 60.1 Å². The third kappa shape index (κ3) is 3.93. The summed E-state index contributed by atoms with van der Waals surface area (Å²) in [4.78, 5) is 8.88. The molecular formula is C28H25ClN6. The van der Waals surface area contributed by atoms with Crippen molar-refractivity contribution in [3.8, 4) is 0 Å². The number of piperazine rings is 1. The van der Waals surface area contributed by atoms with Gasteiger partial charge in [-0.25, -0.2) is 4.85 Å². The Kier molecular flexibility index (Phi) is 5.65. The van der Waals surface area contributed by atoms with Crippen molar-refractivity contribution in [2.75, 3.05) is 42.9 Å². The molecule has 0 spiro atoms. The molecule has 3 aromatic carbocycles. The van der Waals surface area contributed by atoms with E-state index < -0.39 is 0 Å². The van der Waals surface area contributed by atoms with Gasteiger partial charge in [-0.15, -0.1) is 0 Å². The third-order valence-electron chi connectivity index (χ3n) is 7.04. The van der Waals surface area contributed by atoms with E-state index in [9.17, 15) is 0 Å². The van der Waals surface area contributed by atoms with E-state index in [1.54, 1.807) is 6.20 Å². The summed E-state index contributed by atoms with van der Waals surface area (Å²) in [5.74, 6) is 0.606. The number of hydrogen-bond acceptors (Lipinski definition) is 4. The molecule has 1 atom stereocenters. The van der Waals surface area contributed by atoms with Crippen LogP contribution in [0.3, 0.4) is 0 Å². The Balaban J connectivity index is 1.25. The van der Waals surface area contributed by atoms with Crippen LogP contribution in [0.5, 0.6) is 0 Å². The lowest BCUT2D eigenvalue weighted by Crippen LogP contribution is -2.47. The van der Waals surface area contributed by atoms with Gasteiger partial charge in [-0.3, -0.25) is 10.00 Å². The second-order valence-electron chi connectivity index (χ2n) is 9.02. The molecule has 174 valence electrons. The Bertz CT molecular complexity index is 1450. The fourth-order valence-electron chi connectivity index (χ4n) is 5.28. The number of nitrogens with one attached hydrogen (secondary N) is 2. The van der Waals surface area contributed by atoms with Gasteiger partial charge in [-0.05, 0) is 23.1 Å². The molecule has 35 heavy (non-hydrogen) atoms. The number of aromatic nitrogens is 2. The zero-order valence-corrected chi connectivity index (χ0v) is 20.0. The number of aromatic amines is 1. The van der Waals surface area contributed by atoms with Crippen LogP contribution in [0.4, 0.5) is 11.5 Å². The molecule has 2 N–H and O–H groups in total. The summed E-state index contributed by atoms with van der Waals surface area (Å²) in [7, 11) is 0. The van der Waals surface area contributed by atoms with Gasteiger partial charge in [0.25, 0.3) is 0 Å². The number of H-pyrrole nitrogens is 1. The topological polar surface area (TPSA) is 51.5 Å². The van der Waals surface area contributed by atoms with Crippen molar-refractivity contribution in [1.29, 1.82) is 0 Å². The maximum absolute atomic E-state index is 8.04. The highest BCUT2D eigenvalue weighted by Gasteiger charge is 2.33. The molecule has 2 aliphatic rings. The van der Waals surface area contributed by atoms with E-state index in [0.717, 1.165) is 48.8 Å². The van der Waals surface area contributed by atoms with Gasteiger partial charge in [0.2, 0.25) is 0 Å². The summed E-state index contributed by atoms with van der Waals surface area (Å²) in [6, 6.07) is 22.9. The minimum Gasteiger partial charge on any atom is -0.368 e. The standard InChI is InChI=1S/C28H25ClN6/c1-30-27-24(32-28-22(17-31-33-28)26(27)21-10-4-5-11-23(21)29)18-34-13-15-35(16-14-34)25-12-6-8-19-7-2-3-9-20(19)25/h2-12,17,26H,13-16,18H2,(H2,31,32,33). The average Bonchev–Trinajstić information content (AvgIpc) is 3.37. The van der Waals surface area contributed by atoms with Crippen LogP contribution in [0.2, 0.25) is 5.02 Å². The zero-order valence-electron chi connectivity index (χ0n) is 19.2. The highest BCUT2D eigenvalue weighted by Crippen LogP contribution is 2.43. The van der Waals surface area contributed by atoms with Crippen molar-refractivity contribution in [1.82, 2.24) is 15.1 Å². The van der Waals surface area contributed by atoms with Gasteiger partial charge in [0.15, 0.2) is 5.70 Å². The molecular weight excluding hydrogens is 456 g/mol. The molecule has 0 amide bonds.